The normalized spacial score (nSPS) is 20.1. The van der Waals surface area contributed by atoms with Crippen molar-refractivity contribution in [1.29, 1.82) is 0 Å². The van der Waals surface area contributed by atoms with Crippen LogP contribution >= 0.6 is 11.8 Å². The van der Waals surface area contributed by atoms with Crippen LogP contribution in [-0.2, 0) is 10.0 Å². The zero-order chi connectivity index (χ0) is 14.2. The summed E-state index contributed by atoms with van der Waals surface area (Å²) in [6, 6.07) is 3.61. The summed E-state index contributed by atoms with van der Waals surface area (Å²) in [5.74, 6) is 1.88. The van der Waals surface area contributed by atoms with Gasteiger partial charge in [0, 0.05) is 18.8 Å². The first-order chi connectivity index (χ1) is 8.85. The zero-order valence-corrected chi connectivity index (χ0v) is 13.1. The van der Waals surface area contributed by atoms with Crippen LogP contribution in [0.25, 0.3) is 0 Å². The summed E-state index contributed by atoms with van der Waals surface area (Å²) >= 11 is 1.80. The van der Waals surface area contributed by atoms with Crippen molar-refractivity contribution >= 4 is 27.5 Å². The maximum atomic E-state index is 12.7. The van der Waals surface area contributed by atoms with E-state index in [9.17, 15) is 8.42 Å². The van der Waals surface area contributed by atoms with Crippen LogP contribution in [0.5, 0.6) is 0 Å². The van der Waals surface area contributed by atoms with Crippen LogP contribution in [0.2, 0.25) is 0 Å². The molecule has 0 amide bonds. The molecular formula is C13H20N2O2S2. The Hall–Kier alpha value is -0.720. The fraction of sp³-hybridized carbons (Fsp3) is 0.538. The number of hydrogen-bond donors (Lipinski definition) is 1. The molecule has 1 aromatic carbocycles. The van der Waals surface area contributed by atoms with E-state index in [1.54, 1.807) is 24.9 Å². The molecule has 0 aromatic heterocycles. The predicted molar refractivity (Wildman–Crippen MR) is 81.0 cm³/mol. The van der Waals surface area contributed by atoms with E-state index in [-0.39, 0.29) is 10.9 Å². The van der Waals surface area contributed by atoms with E-state index in [1.807, 2.05) is 19.9 Å². The minimum absolute atomic E-state index is 0.0781. The highest BCUT2D eigenvalue weighted by Gasteiger charge is 2.32. The molecule has 1 unspecified atom stereocenters. The van der Waals surface area contributed by atoms with E-state index in [0.29, 0.717) is 5.69 Å². The van der Waals surface area contributed by atoms with Gasteiger partial charge in [0.2, 0.25) is 10.0 Å². The summed E-state index contributed by atoms with van der Waals surface area (Å²) in [6.07, 6.45) is 0.908. The fourth-order valence-corrected chi connectivity index (χ4v) is 5.44. The number of hydrogen-bond acceptors (Lipinski definition) is 4. The Kier molecular flexibility index (Phi) is 4.13. The van der Waals surface area contributed by atoms with Crippen LogP contribution < -0.4 is 5.73 Å². The lowest BCUT2D eigenvalue weighted by Gasteiger charge is -2.25. The summed E-state index contributed by atoms with van der Waals surface area (Å²) in [5, 5.41) is 0. The third-order valence-corrected chi connectivity index (χ3v) is 7.02. The molecule has 4 nitrogen and oxygen atoms in total. The number of benzene rings is 1. The number of sulfonamides is 1. The minimum atomic E-state index is -3.51. The lowest BCUT2D eigenvalue weighted by molar-refractivity contribution is 0.394. The summed E-state index contributed by atoms with van der Waals surface area (Å²) < 4.78 is 27.0. The second-order valence-corrected chi connectivity index (χ2v) is 8.05. The number of rotatable bonds is 3. The van der Waals surface area contributed by atoms with Gasteiger partial charge < -0.3 is 5.73 Å². The van der Waals surface area contributed by atoms with Crippen LogP contribution in [0.1, 0.15) is 17.5 Å². The largest absolute Gasteiger partial charge is 0.398 e. The van der Waals surface area contributed by atoms with Gasteiger partial charge in [-0.2, -0.15) is 16.1 Å². The second-order valence-electron chi connectivity index (χ2n) is 4.96. The molecule has 6 heteroatoms. The molecule has 0 saturated carbocycles. The molecule has 1 aliphatic rings. The molecule has 1 heterocycles. The van der Waals surface area contributed by atoms with E-state index in [4.69, 9.17) is 5.73 Å². The van der Waals surface area contributed by atoms with Crippen molar-refractivity contribution in [3.63, 3.8) is 0 Å². The third kappa shape index (κ3) is 2.61. The first-order valence-corrected chi connectivity index (χ1v) is 8.86. The Morgan fingerprint density at radius 1 is 1.37 bits per heavy atom. The van der Waals surface area contributed by atoms with Gasteiger partial charge in [-0.3, -0.25) is 0 Å². The summed E-state index contributed by atoms with van der Waals surface area (Å²) in [6.45, 7) is 3.72. The molecule has 0 bridgehead atoms. The van der Waals surface area contributed by atoms with Crippen molar-refractivity contribution in [1.82, 2.24) is 4.31 Å². The number of nitrogens with two attached hydrogens (primary N) is 1. The van der Waals surface area contributed by atoms with Crippen molar-refractivity contribution in [2.75, 3.05) is 24.3 Å². The van der Waals surface area contributed by atoms with Crippen molar-refractivity contribution in [2.24, 2.45) is 0 Å². The van der Waals surface area contributed by atoms with Crippen LogP contribution in [0, 0.1) is 13.8 Å². The maximum absolute atomic E-state index is 12.7. The van der Waals surface area contributed by atoms with Gasteiger partial charge in [0.25, 0.3) is 0 Å². The molecule has 0 spiro atoms. The van der Waals surface area contributed by atoms with E-state index in [1.165, 1.54) is 4.31 Å². The molecule has 0 aliphatic carbocycles. The Morgan fingerprint density at radius 2 is 2.05 bits per heavy atom. The second kappa shape index (κ2) is 5.34. The van der Waals surface area contributed by atoms with Gasteiger partial charge in [-0.1, -0.05) is 6.07 Å². The summed E-state index contributed by atoms with van der Waals surface area (Å²) in [4.78, 5) is 0.270. The molecular weight excluding hydrogens is 280 g/mol. The Bertz CT molecular complexity index is 579. The molecule has 1 aromatic rings. The number of thioether (sulfide) groups is 1. The van der Waals surface area contributed by atoms with E-state index in [0.717, 1.165) is 29.1 Å². The van der Waals surface area contributed by atoms with E-state index >= 15 is 0 Å². The molecule has 2 N–H and O–H groups in total. The maximum Gasteiger partial charge on any atom is 0.245 e. The molecule has 1 fully saturated rings. The lowest BCUT2D eigenvalue weighted by atomic mass is 10.1. The van der Waals surface area contributed by atoms with Crippen LogP contribution in [0.3, 0.4) is 0 Å². The number of aryl methyl sites for hydroxylation is 1. The van der Waals surface area contributed by atoms with Crippen molar-refractivity contribution < 1.29 is 8.42 Å². The van der Waals surface area contributed by atoms with Crippen molar-refractivity contribution in [3.05, 3.63) is 23.3 Å². The highest BCUT2D eigenvalue weighted by molar-refractivity contribution is 7.99. The lowest BCUT2D eigenvalue weighted by Crippen LogP contribution is -2.37. The molecule has 2 rings (SSSR count). The topological polar surface area (TPSA) is 63.4 Å². The first kappa shape index (κ1) is 14.7. The fourth-order valence-electron chi connectivity index (χ4n) is 2.30. The Labute approximate surface area is 119 Å². The average Bonchev–Trinajstić information content (AvgIpc) is 2.86. The SMILES string of the molecule is Cc1ccc(N)c(S(=O)(=O)N(C)C2CCSC2)c1C. The highest BCUT2D eigenvalue weighted by Crippen LogP contribution is 2.31. The monoisotopic (exact) mass is 300 g/mol. The molecule has 1 atom stereocenters. The Balaban J connectivity index is 2.47. The minimum Gasteiger partial charge on any atom is -0.398 e. The predicted octanol–water partition coefficient (Wildman–Crippen LogP) is 2.01. The number of anilines is 1. The van der Waals surface area contributed by atoms with Gasteiger partial charge in [-0.25, -0.2) is 8.42 Å². The number of nitrogens with zero attached hydrogens (tertiary/aromatic N) is 1. The standard InChI is InChI=1S/C13H20N2O2S2/c1-9-4-5-12(14)13(10(9)2)19(16,17)15(3)11-6-7-18-8-11/h4-5,11H,6-8,14H2,1-3H3. The molecule has 0 radical (unpaired) electrons. The summed E-state index contributed by atoms with van der Waals surface area (Å²) in [5.41, 5.74) is 7.93. The van der Waals surface area contributed by atoms with Crippen molar-refractivity contribution in [3.8, 4) is 0 Å². The van der Waals surface area contributed by atoms with Crippen LogP contribution in [-0.4, -0.2) is 37.3 Å². The highest BCUT2D eigenvalue weighted by atomic mass is 32.2. The van der Waals surface area contributed by atoms with E-state index in [2.05, 4.69) is 0 Å². The summed E-state index contributed by atoms with van der Waals surface area (Å²) in [7, 11) is -1.85. The Morgan fingerprint density at radius 3 is 2.63 bits per heavy atom. The van der Waals surface area contributed by atoms with Gasteiger partial charge in [0.1, 0.15) is 4.90 Å². The quantitative estimate of drug-likeness (QED) is 0.867. The molecule has 106 valence electrons. The van der Waals surface area contributed by atoms with Crippen molar-refractivity contribution in [2.45, 2.75) is 31.2 Å². The van der Waals surface area contributed by atoms with Gasteiger partial charge in [0.15, 0.2) is 0 Å². The molecule has 1 aliphatic heterocycles. The van der Waals surface area contributed by atoms with Crippen LogP contribution in [0.15, 0.2) is 17.0 Å². The average molecular weight is 300 g/mol. The van der Waals surface area contributed by atoms with Gasteiger partial charge in [-0.05, 0) is 43.2 Å². The molecule has 1 saturated heterocycles. The van der Waals surface area contributed by atoms with Gasteiger partial charge in [0.05, 0.1) is 5.69 Å². The van der Waals surface area contributed by atoms with Crippen LogP contribution in [0.4, 0.5) is 5.69 Å². The third-order valence-electron chi connectivity index (χ3n) is 3.76. The zero-order valence-electron chi connectivity index (χ0n) is 11.5. The van der Waals surface area contributed by atoms with Gasteiger partial charge in [-0.15, -0.1) is 0 Å². The molecule has 19 heavy (non-hydrogen) atoms. The first-order valence-electron chi connectivity index (χ1n) is 6.27. The number of nitrogen functional groups attached to an aromatic ring is 1. The smallest absolute Gasteiger partial charge is 0.245 e. The van der Waals surface area contributed by atoms with Gasteiger partial charge >= 0.3 is 0 Å². The van der Waals surface area contributed by atoms with E-state index < -0.39 is 10.0 Å².